The average molecular weight is 201 g/mol. The summed E-state index contributed by atoms with van der Waals surface area (Å²) in [5.74, 6) is 0. The fraction of sp³-hybridized carbons (Fsp3) is 1.00. The Morgan fingerprint density at radius 3 is 2.71 bits per heavy atom. The van der Waals surface area contributed by atoms with E-state index in [4.69, 9.17) is 5.11 Å². The standard InChI is InChI=1S/C11H23NO2/c1-11(2)6-4-3-5-10(11)12-7-9(14)8-13/h9-10,12-14H,3-8H2,1-2H3. The van der Waals surface area contributed by atoms with Gasteiger partial charge in [0.1, 0.15) is 0 Å². The Balaban J connectivity index is 2.34. The van der Waals surface area contributed by atoms with Gasteiger partial charge in [0.05, 0.1) is 12.7 Å². The zero-order chi connectivity index (χ0) is 10.6. The fourth-order valence-electron chi connectivity index (χ4n) is 2.22. The summed E-state index contributed by atoms with van der Waals surface area (Å²) >= 11 is 0. The lowest BCUT2D eigenvalue weighted by atomic mass is 9.73. The van der Waals surface area contributed by atoms with Crippen molar-refractivity contribution in [2.45, 2.75) is 51.7 Å². The Labute approximate surface area is 86.5 Å². The second kappa shape index (κ2) is 5.10. The molecule has 2 unspecified atom stereocenters. The van der Waals surface area contributed by atoms with E-state index < -0.39 is 6.10 Å². The van der Waals surface area contributed by atoms with Crippen LogP contribution in [0.5, 0.6) is 0 Å². The number of aliphatic hydroxyl groups is 2. The van der Waals surface area contributed by atoms with Crippen LogP contribution in [0.2, 0.25) is 0 Å². The maximum Gasteiger partial charge on any atom is 0.0895 e. The first-order chi connectivity index (χ1) is 6.56. The highest BCUT2D eigenvalue weighted by Gasteiger charge is 2.31. The molecular weight excluding hydrogens is 178 g/mol. The van der Waals surface area contributed by atoms with Crippen molar-refractivity contribution >= 4 is 0 Å². The number of aliphatic hydroxyl groups excluding tert-OH is 2. The highest BCUT2D eigenvalue weighted by Crippen LogP contribution is 2.35. The summed E-state index contributed by atoms with van der Waals surface area (Å²) in [6.45, 7) is 4.90. The molecule has 1 fully saturated rings. The van der Waals surface area contributed by atoms with Gasteiger partial charge in [0.15, 0.2) is 0 Å². The Bertz CT molecular complexity index is 171. The number of hydrogen-bond donors (Lipinski definition) is 3. The van der Waals surface area contributed by atoms with Gasteiger partial charge in [0.2, 0.25) is 0 Å². The molecule has 0 saturated heterocycles. The van der Waals surface area contributed by atoms with Gasteiger partial charge in [-0.1, -0.05) is 26.7 Å². The average Bonchev–Trinajstić information content (AvgIpc) is 2.15. The summed E-state index contributed by atoms with van der Waals surface area (Å²) in [7, 11) is 0. The predicted molar refractivity (Wildman–Crippen MR) is 57.1 cm³/mol. The Hall–Kier alpha value is -0.120. The van der Waals surface area contributed by atoms with Gasteiger partial charge in [0, 0.05) is 12.6 Å². The molecule has 0 spiro atoms. The van der Waals surface area contributed by atoms with Crippen molar-refractivity contribution in [3.63, 3.8) is 0 Å². The summed E-state index contributed by atoms with van der Waals surface area (Å²) in [6.07, 6.45) is 4.41. The van der Waals surface area contributed by atoms with Gasteiger partial charge in [-0.05, 0) is 18.3 Å². The molecule has 0 radical (unpaired) electrons. The van der Waals surface area contributed by atoms with Gasteiger partial charge in [-0.25, -0.2) is 0 Å². The van der Waals surface area contributed by atoms with E-state index in [-0.39, 0.29) is 6.61 Å². The van der Waals surface area contributed by atoms with Crippen LogP contribution in [-0.4, -0.2) is 35.5 Å². The number of rotatable bonds is 4. The van der Waals surface area contributed by atoms with Crippen molar-refractivity contribution in [3.8, 4) is 0 Å². The Morgan fingerprint density at radius 2 is 2.14 bits per heavy atom. The molecule has 1 saturated carbocycles. The SMILES string of the molecule is CC1(C)CCCCC1NCC(O)CO. The van der Waals surface area contributed by atoms with Gasteiger partial charge >= 0.3 is 0 Å². The largest absolute Gasteiger partial charge is 0.394 e. The molecule has 0 heterocycles. The van der Waals surface area contributed by atoms with Gasteiger partial charge in [-0.2, -0.15) is 0 Å². The molecule has 3 nitrogen and oxygen atoms in total. The van der Waals surface area contributed by atoms with Gasteiger partial charge in [-0.3, -0.25) is 0 Å². The lowest BCUT2D eigenvalue weighted by Crippen LogP contribution is -2.47. The predicted octanol–water partition coefficient (Wildman–Crippen LogP) is 0.898. The lowest BCUT2D eigenvalue weighted by Gasteiger charge is -2.39. The van der Waals surface area contributed by atoms with E-state index in [0.717, 1.165) is 0 Å². The van der Waals surface area contributed by atoms with Crippen molar-refractivity contribution in [1.82, 2.24) is 5.32 Å². The zero-order valence-electron chi connectivity index (χ0n) is 9.29. The van der Waals surface area contributed by atoms with Crippen LogP contribution in [0.4, 0.5) is 0 Å². The van der Waals surface area contributed by atoms with E-state index >= 15 is 0 Å². The van der Waals surface area contributed by atoms with Crippen molar-refractivity contribution < 1.29 is 10.2 Å². The summed E-state index contributed by atoms with van der Waals surface area (Å²) in [4.78, 5) is 0. The van der Waals surface area contributed by atoms with Crippen molar-refractivity contribution in [1.29, 1.82) is 0 Å². The van der Waals surface area contributed by atoms with Gasteiger partial charge < -0.3 is 15.5 Å². The minimum atomic E-state index is -0.618. The minimum absolute atomic E-state index is 0.153. The number of nitrogens with one attached hydrogen (secondary N) is 1. The summed E-state index contributed by atoms with van der Waals surface area (Å²) in [5.41, 5.74) is 0.327. The fourth-order valence-corrected chi connectivity index (χ4v) is 2.22. The monoisotopic (exact) mass is 201 g/mol. The first-order valence-corrected chi connectivity index (χ1v) is 5.58. The molecule has 14 heavy (non-hydrogen) atoms. The third kappa shape index (κ3) is 3.23. The second-order valence-electron chi connectivity index (χ2n) is 5.03. The molecule has 0 aromatic heterocycles. The molecule has 0 aliphatic heterocycles. The molecule has 1 rings (SSSR count). The van der Waals surface area contributed by atoms with Crippen molar-refractivity contribution in [3.05, 3.63) is 0 Å². The molecule has 3 N–H and O–H groups in total. The minimum Gasteiger partial charge on any atom is -0.394 e. The smallest absolute Gasteiger partial charge is 0.0895 e. The molecule has 3 heteroatoms. The van der Waals surface area contributed by atoms with Gasteiger partial charge in [-0.15, -0.1) is 0 Å². The molecule has 1 aliphatic rings. The molecule has 0 aromatic rings. The van der Waals surface area contributed by atoms with E-state index in [9.17, 15) is 5.11 Å². The Morgan fingerprint density at radius 1 is 1.43 bits per heavy atom. The lowest BCUT2D eigenvalue weighted by molar-refractivity contribution is 0.0788. The maximum absolute atomic E-state index is 9.25. The highest BCUT2D eigenvalue weighted by atomic mass is 16.3. The normalized spacial score (nSPS) is 28.7. The van der Waals surface area contributed by atoms with Crippen molar-refractivity contribution in [2.75, 3.05) is 13.2 Å². The molecule has 0 aromatic carbocycles. The zero-order valence-corrected chi connectivity index (χ0v) is 9.29. The quantitative estimate of drug-likeness (QED) is 0.633. The van der Waals surface area contributed by atoms with E-state index in [1.807, 2.05) is 0 Å². The first-order valence-electron chi connectivity index (χ1n) is 5.58. The topological polar surface area (TPSA) is 52.5 Å². The molecule has 0 amide bonds. The van der Waals surface area contributed by atoms with Crippen LogP contribution in [-0.2, 0) is 0 Å². The first kappa shape index (κ1) is 12.0. The molecule has 0 bridgehead atoms. The van der Waals surface area contributed by atoms with E-state index in [1.165, 1.54) is 25.7 Å². The van der Waals surface area contributed by atoms with E-state index in [1.54, 1.807) is 0 Å². The molecule has 1 aliphatic carbocycles. The summed E-state index contributed by atoms with van der Waals surface area (Å²) in [5, 5.41) is 21.3. The maximum atomic E-state index is 9.25. The van der Waals surface area contributed by atoms with Crippen LogP contribution in [0.15, 0.2) is 0 Å². The van der Waals surface area contributed by atoms with Crippen LogP contribution < -0.4 is 5.32 Å². The van der Waals surface area contributed by atoms with E-state index in [0.29, 0.717) is 18.0 Å². The molecule has 2 atom stereocenters. The van der Waals surface area contributed by atoms with Crippen LogP contribution in [0.1, 0.15) is 39.5 Å². The highest BCUT2D eigenvalue weighted by molar-refractivity contribution is 4.88. The van der Waals surface area contributed by atoms with Crippen LogP contribution >= 0.6 is 0 Å². The summed E-state index contributed by atoms with van der Waals surface area (Å²) < 4.78 is 0. The number of hydrogen-bond acceptors (Lipinski definition) is 3. The second-order valence-corrected chi connectivity index (χ2v) is 5.03. The Kier molecular flexibility index (Phi) is 4.35. The third-order valence-corrected chi connectivity index (χ3v) is 3.32. The van der Waals surface area contributed by atoms with Crippen molar-refractivity contribution in [2.24, 2.45) is 5.41 Å². The van der Waals surface area contributed by atoms with Gasteiger partial charge in [0.25, 0.3) is 0 Å². The summed E-state index contributed by atoms with van der Waals surface area (Å²) in [6, 6.07) is 0.484. The van der Waals surface area contributed by atoms with Crippen LogP contribution in [0, 0.1) is 5.41 Å². The molecular formula is C11H23NO2. The molecule has 84 valence electrons. The van der Waals surface area contributed by atoms with E-state index in [2.05, 4.69) is 19.2 Å². The van der Waals surface area contributed by atoms with Crippen LogP contribution in [0.25, 0.3) is 0 Å². The van der Waals surface area contributed by atoms with Crippen LogP contribution in [0.3, 0.4) is 0 Å². The third-order valence-electron chi connectivity index (χ3n) is 3.32.